The first-order valence-electron chi connectivity index (χ1n) is 9.64. The quantitative estimate of drug-likeness (QED) is 0.778. The molecular formula is C23H24N2O3. The number of nitriles is 1. The molecule has 28 heavy (non-hydrogen) atoms. The van der Waals surface area contributed by atoms with E-state index >= 15 is 0 Å². The first kappa shape index (κ1) is 18.5. The molecule has 1 fully saturated rings. The summed E-state index contributed by atoms with van der Waals surface area (Å²) in [6.07, 6.45) is 6.32. The number of hydrogen-bond acceptors (Lipinski definition) is 5. The van der Waals surface area contributed by atoms with E-state index in [1.54, 1.807) is 0 Å². The lowest BCUT2D eigenvalue weighted by Crippen LogP contribution is -2.48. The second-order valence-electron chi connectivity index (χ2n) is 7.39. The Morgan fingerprint density at radius 2 is 2.00 bits per heavy atom. The van der Waals surface area contributed by atoms with Gasteiger partial charge in [0.25, 0.3) is 0 Å². The van der Waals surface area contributed by atoms with Crippen LogP contribution in [0.2, 0.25) is 0 Å². The monoisotopic (exact) mass is 376 g/mol. The van der Waals surface area contributed by atoms with E-state index in [4.69, 9.17) is 9.47 Å². The van der Waals surface area contributed by atoms with Gasteiger partial charge in [0.15, 0.2) is 11.5 Å². The van der Waals surface area contributed by atoms with Gasteiger partial charge >= 0.3 is 0 Å². The zero-order chi connectivity index (χ0) is 19.4. The molecule has 2 aromatic carbocycles. The smallest absolute Gasteiger partial charge is 0.231 e. The molecule has 144 valence electrons. The number of nitrogens with zero attached hydrogens (tertiary/aromatic N) is 2. The first-order valence-corrected chi connectivity index (χ1v) is 9.64. The van der Waals surface area contributed by atoms with Gasteiger partial charge in [0, 0.05) is 12.6 Å². The lowest BCUT2D eigenvalue weighted by molar-refractivity contribution is 0.0129. The van der Waals surface area contributed by atoms with Gasteiger partial charge in [0.05, 0.1) is 18.2 Å². The molecule has 0 amide bonds. The molecular weight excluding hydrogens is 352 g/mol. The van der Waals surface area contributed by atoms with Crippen LogP contribution in [0.15, 0.2) is 54.6 Å². The molecule has 2 unspecified atom stereocenters. The van der Waals surface area contributed by atoms with Gasteiger partial charge in [0.2, 0.25) is 6.79 Å². The third kappa shape index (κ3) is 3.89. The molecule has 5 nitrogen and oxygen atoms in total. The summed E-state index contributed by atoms with van der Waals surface area (Å²) in [7, 11) is 0. The molecule has 0 aromatic heterocycles. The first-order chi connectivity index (χ1) is 13.7. The Hall–Kier alpha value is -2.81. The Labute approximate surface area is 165 Å². The predicted molar refractivity (Wildman–Crippen MR) is 107 cm³/mol. The molecule has 2 atom stereocenters. The molecule has 0 bridgehead atoms. The van der Waals surface area contributed by atoms with Crippen molar-refractivity contribution < 1.29 is 14.6 Å². The molecule has 5 heteroatoms. The number of aliphatic hydroxyl groups is 1. The fourth-order valence-corrected chi connectivity index (χ4v) is 4.13. The third-order valence-corrected chi connectivity index (χ3v) is 5.54. The Morgan fingerprint density at radius 3 is 2.82 bits per heavy atom. The highest BCUT2D eigenvalue weighted by atomic mass is 16.7. The summed E-state index contributed by atoms with van der Waals surface area (Å²) in [5, 5.41) is 20.7. The summed E-state index contributed by atoms with van der Waals surface area (Å²) < 4.78 is 10.8. The molecule has 0 spiro atoms. The minimum absolute atomic E-state index is 0.0855. The van der Waals surface area contributed by atoms with Crippen molar-refractivity contribution in [3.63, 3.8) is 0 Å². The fourth-order valence-electron chi connectivity index (χ4n) is 4.13. The van der Waals surface area contributed by atoms with Gasteiger partial charge in [-0.1, -0.05) is 48.6 Å². The lowest BCUT2D eigenvalue weighted by atomic mass is 9.94. The van der Waals surface area contributed by atoms with Crippen molar-refractivity contribution >= 4 is 6.08 Å². The summed E-state index contributed by atoms with van der Waals surface area (Å²) in [6, 6.07) is 18.0. The average Bonchev–Trinajstić information content (AvgIpc) is 3.33. The van der Waals surface area contributed by atoms with Crippen LogP contribution in [0.25, 0.3) is 6.08 Å². The molecule has 1 aliphatic heterocycles. The molecule has 0 saturated heterocycles. The third-order valence-electron chi connectivity index (χ3n) is 5.54. The Morgan fingerprint density at radius 1 is 1.18 bits per heavy atom. The molecule has 1 aliphatic carbocycles. The van der Waals surface area contributed by atoms with Gasteiger partial charge in [-0.2, -0.15) is 5.26 Å². The summed E-state index contributed by atoms with van der Waals surface area (Å²) in [5.41, 5.74) is 1.15. The van der Waals surface area contributed by atoms with E-state index in [1.807, 2.05) is 48.6 Å². The maximum Gasteiger partial charge on any atom is 0.231 e. The normalized spacial score (nSPS) is 23.4. The number of ether oxygens (including phenoxy) is 2. The van der Waals surface area contributed by atoms with Crippen LogP contribution in [0.3, 0.4) is 0 Å². The van der Waals surface area contributed by atoms with Crippen LogP contribution in [-0.2, 0) is 6.54 Å². The van der Waals surface area contributed by atoms with Crippen molar-refractivity contribution in [3.05, 3.63) is 65.7 Å². The number of hydrogen-bond donors (Lipinski definition) is 1. The minimum Gasteiger partial charge on any atom is -0.454 e. The Balaban J connectivity index is 1.53. The molecule has 2 aromatic rings. The molecule has 1 saturated carbocycles. The zero-order valence-electron chi connectivity index (χ0n) is 15.8. The molecule has 0 radical (unpaired) electrons. The van der Waals surface area contributed by atoms with Crippen LogP contribution < -0.4 is 9.47 Å². The highest BCUT2D eigenvalue weighted by Gasteiger charge is 2.42. The summed E-state index contributed by atoms with van der Waals surface area (Å²) >= 11 is 0. The van der Waals surface area contributed by atoms with Gasteiger partial charge in [0.1, 0.15) is 0 Å². The van der Waals surface area contributed by atoms with Crippen molar-refractivity contribution in [2.45, 2.75) is 37.5 Å². The van der Waals surface area contributed by atoms with Crippen molar-refractivity contribution in [2.75, 3.05) is 13.3 Å². The Kier molecular flexibility index (Phi) is 5.34. The van der Waals surface area contributed by atoms with Crippen LogP contribution in [-0.4, -0.2) is 35.0 Å². The van der Waals surface area contributed by atoms with Crippen LogP contribution in [0, 0.1) is 11.3 Å². The molecule has 1 heterocycles. The van der Waals surface area contributed by atoms with Gasteiger partial charge in [-0.05, 0) is 42.5 Å². The highest BCUT2D eigenvalue weighted by Crippen LogP contribution is 2.37. The van der Waals surface area contributed by atoms with Crippen molar-refractivity contribution in [1.82, 2.24) is 4.90 Å². The van der Waals surface area contributed by atoms with Crippen molar-refractivity contribution in [2.24, 2.45) is 0 Å². The SMILES string of the molecule is N#CCN(Cc1ccccc1)C1CCCC1(O)C=Cc1ccc2c(c1)OCO2. The van der Waals surface area contributed by atoms with Crippen molar-refractivity contribution in [3.8, 4) is 17.6 Å². The molecule has 2 aliphatic rings. The van der Waals surface area contributed by atoms with E-state index < -0.39 is 5.60 Å². The maximum absolute atomic E-state index is 11.4. The Bertz CT molecular complexity index is 890. The van der Waals surface area contributed by atoms with Gasteiger partial charge in [-0.3, -0.25) is 4.90 Å². The van der Waals surface area contributed by atoms with Crippen LogP contribution >= 0.6 is 0 Å². The maximum atomic E-state index is 11.4. The van der Waals surface area contributed by atoms with Crippen molar-refractivity contribution in [1.29, 1.82) is 5.26 Å². The predicted octanol–water partition coefficient (Wildman–Crippen LogP) is 3.74. The summed E-state index contributed by atoms with van der Waals surface area (Å²) in [4.78, 5) is 2.09. The summed E-state index contributed by atoms with van der Waals surface area (Å²) in [6.45, 7) is 1.19. The van der Waals surface area contributed by atoms with Gasteiger partial charge < -0.3 is 14.6 Å². The fraction of sp³-hybridized carbons (Fsp3) is 0.348. The second-order valence-corrected chi connectivity index (χ2v) is 7.39. The van der Waals surface area contributed by atoms with Gasteiger partial charge in [-0.25, -0.2) is 0 Å². The van der Waals surface area contributed by atoms with E-state index in [-0.39, 0.29) is 12.8 Å². The zero-order valence-corrected chi connectivity index (χ0v) is 15.8. The van der Waals surface area contributed by atoms with Gasteiger partial charge in [-0.15, -0.1) is 0 Å². The van der Waals surface area contributed by atoms with E-state index in [1.165, 1.54) is 0 Å². The average molecular weight is 376 g/mol. The van der Waals surface area contributed by atoms with Crippen LogP contribution in [0.1, 0.15) is 30.4 Å². The van der Waals surface area contributed by atoms with Crippen LogP contribution in [0.5, 0.6) is 11.5 Å². The molecule has 4 rings (SSSR count). The number of fused-ring (bicyclic) bond motifs is 1. The summed E-state index contributed by atoms with van der Waals surface area (Å²) in [5.74, 6) is 1.48. The van der Waals surface area contributed by atoms with E-state index in [9.17, 15) is 10.4 Å². The number of rotatable bonds is 6. The minimum atomic E-state index is -0.956. The molecule has 1 N–H and O–H groups in total. The van der Waals surface area contributed by atoms with Crippen LogP contribution in [0.4, 0.5) is 0 Å². The van der Waals surface area contributed by atoms with E-state index in [2.05, 4.69) is 23.1 Å². The lowest BCUT2D eigenvalue weighted by Gasteiger charge is -2.35. The van der Waals surface area contributed by atoms with E-state index in [0.717, 1.165) is 35.5 Å². The standard InChI is InChI=1S/C23H24N2O3/c24-13-14-25(16-19-5-2-1-3-6-19)22-7-4-11-23(22,26)12-10-18-8-9-20-21(15-18)28-17-27-20/h1-3,5-6,8-10,12,15,22,26H,4,7,11,14,16-17H2. The number of benzene rings is 2. The topological polar surface area (TPSA) is 65.7 Å². The largest absolute Gasteiger partial charge is 0.454 e. The second kappa shape index (κ2) is 8.05. The highest BCUT2D eigenvalue weighted by molar-refractivity contribution is 5.57. The van der Waals surface area contributed by atoms with E-state index in [0.29, 0.717) is 19.5 Å².